The molecule has 0 aromatic heterocycles. The number of rotatable bonds is 4. The minimum absolute atomic E-state index is 0.150. The van der Waals surface area contributed by atoms with Gasteiger partial charge in [-0.25, -0.2) is 4.39 Å². The first-order chi connectivity index (χ1) is 9.13. The molecule has 0 aliphatic heterocycles. The first-order valence-corrected chi connectivity index (χ1v) is 7.17. The Bertz CT molecular complexity index is 551. The van der Waals surface area contributed by atoms with Crippen molar-refractivity contribution in [1.29, 1.82) is 0 Å². The molecule has 0 spiro atoms. The van der Waals surface area contributed by atoms with E-state index in [9.17, 15) is 4.39 Å². The molecular formula is C16H16BrFO. The van der Waals surface area contributed by atoms with Gasteiger partial charge in [-0.05, 0) is 37.1 Å². The second kappa shape index (κ2) is 6.20. The fraction of sp³-hybridized carbons (Fsp3) is 0.250. The molecule has 0 saturated carbocycles. The molecule has 0 aliphatic rings. The summed E-state index contributed by atoms with van der Waals surface area (Å²) in [5.41, 5.74) is 2.32. The average Bonchev–Trinajstić information content (AvgIpc) is 2.42. The van der Waals surface area contributed by atoms with Crippen molar-refractivity contribution in [2.75, 3.05) is 6.61 Å². The van der Waals surface area contributed by atoms with Crippen LogP contribution in [-0.4, -0.2) is 6.61 Å². The Morgan fingerprint density at radius 1 is 1.16 bits per heavy atom. The molecule has 2 aromatic carbocycles. The van der Waals surface area contributed by atoms with E-state index in [1.807, 2.05) is 37.3 Å². The van der Waals surface area contributed by atoms with Gasteiger partial charge < -0.3 is 4.74 Å². The second-order valence-corrected chi connectivity index (χ2v) is 5.26. The van der Waals surface area contributed by atoms with Gasteiger partial charge in [0.1, 0.15) is 11.6 Å². The van der Waals surface area contributed by atoms with Crippen molar-refractivity contribution < 1.29 is 9.13 Å². The van der Waals surface area contributed by atoms with Crippen LogP contribution < -0.4 is 4.74 Å². The number of aryl methyl sites for hydroxylation is 1. The zero-order valence-electron chi connectivity index (χ0n) is 11.0. The molecule has 0 amide bonds. The zero-order valence-corrected chi connectivity index (χ0v) is 12.6. The number of alkyl halides is 1. The Hall–Kier alpha value is -1.35. The van der Waals surface area contributed by atoms with Gasteiger partial charge in [0.15, 0.2) is 0 Å². The Balaban J connectivity index is 2.28. The normalized spacial score (nSPS) is 12.2. The van der Waals surface area contributed by atoms with Crippen LogP contribution in [0.15, 0.2) is 42.5 Å². The third-order valence-electron chi connectivity index (χ3n) is 2.98. The first-order valence-electron chi connectivity index (χ1n) is 6.25. The molecule has 0 aliphatic carbocycles. The van der Waals surface area contributed by atoms with Crippen LogP contribution in [0.5, 0.6) is 5.75 Å². The van der Waals surface area contributed by atoms with Crippen LogP contribution in [0, 0.1) is 12.7 Å². The Labute approximate surface area is 121 Å². The number of hydrogen-bond acceptors (Lipinski definition) is 1. The number of hydrogen-bond donors (Lipinski definition) is 0. The predicted octanol–water partition coefficient (Wildman–Crippen LogP) is 5.02. The lowest BCUT2D eigenvalue weighted by molar-refractivity contribution is 0.340. The van der Waals surface area contributed by atoms with E-state index in [0.29, 0.717) is 17.7 Å². The maximum atomic E-state index is 14.1. The molecule has 0 N–H and O–H groups in total. The van der Waals surface area contributed by atoms with Crippen LogP contribution >= 0.6 is 15.9 Å². The lowest BCUT2D eigenvalue weighted by Gasteiger charge is -2.13. The second-order valence-electron chi connectivity index (χ2n) is 4.34. The summed E-state index contributed by atoms with van der Waals surface area (Å²) in [5, 5.41) is 0. The molecule has 1 nitrogen and oxygen atoms in total. The van der Waals surface area contributed by atoms with Gasteiger partial charge in [-0.3, -0.25) is 0 Å². The van der Waals surface area contributed by atoms with Crippen molar-refractivity contribution in [1.82, 2.24) is 0 Å². The topological polar surface area (TPSA) is 9.23 Å². The van der Waals surface area contributed by atoms with Crippen molar-refractivity contribution in [3.63, 3.8) is 0 Å². The van der Waals surface area contributed by atoms with Crippen LogP contribution in [0.4, 0.5) is 4.39 Å². The van der Waals surface area contributed by atoms with E-state index in [4.69, 9.17) is 4.74 Å². The van der Waals surface area contributed by atoms with Gasteiger partial charge in [0.25, 0.3) is 0 Å². The SMILES string of the molecule is CCOc1ccc(C(Br)c2cccc(C)c2F)cc1. The van der Waals surface area contributed by atoms with Crippen molar-refractivity contribution in [2.24, 2.45) is 0 Å². The molecule has 19 heavy (non-hydrogen) atoms. The number of benzene rings is 2. The molecule has 1 unspecified atom stereocenters. The summed E-state index contributed by atoms with van der Waals surface area (Å²) >= 11 is 3.56. The van der Waals surface area contributed by atoms with E-state index in [1.54, 1.807) is 19.1 Å². The van der Waals surface area contributed by atoms with E-state index < -0.39 is 0 Å². The Kier molecular flexibility index (Phi) is 4.59. The van der Waals surface area contributed by atoms with Crippen LogP contribution in [0.3, 0.4) is 0 Å². The van der Waals surface area contributed by atoms with Crippen molar-refractivity contribution in [2.45, 2.75) is 18.7 Å². The van der Waals surface area contributed by atoms with Gasteiger partial charge in [0.05, 0.1) is 11.4 Å². The van der Waals surface area contributed by atoms with E-state index >= 15 is 0 Å². The molecule has 0 radical (unpaired) electrons. The molecule has 3 heteroatoms. The van der Waals surface area contributed by atoms with E-state index in [1.165, 1.54) is 0 Å². The predicted molar refractivity (Wildman–Crippen MR) is 79.5 cm³/mol. The fourth-order valence-electron chi connectivity index (χ4n) is 1.95. The van der Waals surface area contributed by atoms with Crippen molar-refractivity contribution in [3.8, 4) is 5.75 Å². The third-order valence-corrected chi connectivity index (χ3v) is 4.00. The molecular weight excluding hydrogens is 307 g/mol. The quantitative estimate of drug-likeness (QED) is 0.718. The van der Waals surface area contributed by atoms with Crippen LogP contribution in [0.2, 0.25) is 0 Å². The highest BCUT2D eigenvalue weighted by molar-refractivity contribution is 9.09. The third kappa shape index (κ3) is 3.16. The van der Waals surface area contributed by atoms with Gasteiger partial charge in [0.2, 0.25) is 0 Å². The van der Waals surface area contributed by atoms with Gasteiger partial charge in [-0.15, -0.1) is 0 Å². The minimum Gasteiger partial charge on any atom is -0.494 e. The lowest BCUT2D eigenvalue weighted by atomic mass is 10.0. The van der Waals surface area contributed by atoms with E-state index in [-0.39, 0.29) is 10.6 Å². The first kappa shape index (κ1) is 14.1. The smallest absolute Gasteiger partial charge is 0.130 e. The summed E-state index contributed by atoms with van der Waals surface area (Å²) in [7, 11) is 0. The van der Waals surface area contributed by atoms with Crippen LogP contribution in [-0.2, 0) is 0 Å². The maximum Gasteiger partial charge on any atom is 0.130 e. The molecule has 1 atom stereocenters. The summed E-state index contributed by atoms with van der Waals surface area (Å²) < 4.78 is 19.5. The van der Waals surface area contributed by atoms with E-state index in [2.05, 4.69) is 15.9 Å². The standard InChI is InChI=1S/C16H16BrFO/c1-3-19-13-9-7-12(8-10-13)15(17)14-6-4-5-11(2)16(14)18/h4-10,15H,3H2,1-2H3. The van der Waals surface area contributed by atoms with Gasteiger partial charge in [-0.1, -0.05) is 46.3 Å². The van der Waals surface area contributed by atoms with Crippen molar-refractivity contribution in [3.05, 3.63) is 65.0 Å². The molecule has 0 bridgehead atoms. The fourth-order valence-corrected chi connectivity index (χ4v) is 2.60. The largest absolute Gasteiger partial charge is 0.494 e. The Morgan fingerprint density at radius 3 is 2.47 bits per heavy atom. The van der Waals surface area contributed by atoms with Crippen LogP contribution in [0.25, 0.3) is 0 Å². The highest BCUT2D eigenvalue weighted by atomic mass is 79.9. The number of ether oxygens (including phenoxy) is 1. The summed E-state index contributed by atoms with van der Waals surface area (Å²) in [5.74, 6) is 0.675. The van der Waals surface area contributed by atoms with E-state index in [0.717, 1.165) is 11.3 Å². The van der Waals surface area contributed by atoms with Gasteiger partial charge >= 0.3 is 0 Å². The van der Waals surface area contributed by atoms with Crippen LogP contribution in [0.1, 0.15) is 28.4 Å². The molecule has 0 saturated heterocycles. The maximum absolute atomic E-state index is 14.1. The monoisotopic (exact) mass is 322 g/mol. The lowest BCUT2D eigenvalue weighted by Crippen LogP contribution is -1.99. The molecule has 100 valence electrons. The average molecular weight is 323 g/mol. The summed E-state index contributed by atoms with van der Waals surface area (Å²) in [4.78, 5) is -0.150. The van der Waals surface area contributed by atoms with Gasteiger partial charge in [-0.2, -0.15) is 0 Å². The highest BCUT2D eigenvalue weighted by Gasteiger charge is 2.15. The highest BCUT2D eigenvalue weighted by Crippen LogP contribution is 2.33. The summed E-state index contributed by atoms with van der Waals surface area (Å²) in [6.07, 6.45) is 0. The number of halogens is 2. The molecule has 0 fully saturated rings. The Morgan fingerprint density at radius 2 is 1.84 bits per heavy atom. The van der Waals surface area contributed by atoms with Gasteiger partial charge in [0, 0.05) is 5.56 Å². The minimum atomic E-state index is -0.154. The summed E-state index contributed by atoms with van der Waals surface area (Å²) in [6, 6.07) is 13.2. The molecule has 2 rings (SSSR count). The summed E-state index contributed by atoms with van der Waals surface area (Å²) in [6.45, 7) is 4.36. The molecule has 0 heterocycles. The van der Waals surface area contributed by atoms with Crippen molar-refractivity contribution >= 4 is 15.9 Å². The zero-order chi connectivity index (χ0) is 13.8. The molecule has 2 aromatic rings.